The number of halogens is 2. The van der Waals surface area contributed by atoms with Gasteiger partial charge in [0.2, 0.25) is 0 Å². The van der Waals surface area contributed by atoms with Gasteiger partial charge >= 0.3 is 0 Å². The summed E-state index contributed by atoms with van der Waals surface area (Å²) in [5, 5.41) is 5.06. The lowest BCUT2D eigenvalue weighted by Gasteiger charge is -2.04. The van der Waals surface area contributed by atoms with Gasteiger partial charge in [-0.15, -0.1) is 0 Å². The molecule has 0 fully saturated rings. The third kappa shape index (κ3) is 2.61. The van der Waals surface area contributed by atoms with E-state index in [9.17, 15) is 0 Å². The van der Waals surface area contributed by atoms with E-state index >= 15 is 0 Å². The molecule has 0 saturated carbocycles. The van der Waals surface area contributed by atoms with Gasteiger partial charge in [0.25, 0.3) is 0 Å². The number of nitrogens with zero attached hydrogens (tertiary/aromatic N) is 2. The van der Waals surface area contributed by atoms with E-state index in [2.05, 4.69) is 27.1 Å². The standard InChI is InChI=1S/C11H10BrClN2/c1-8-6-9(2-3-10(8)13)7-15-5-4-11(12)14-15/h2-6H,7H2,1H3. The van der Waals surface area contributed by atoms with E-state index in [1.54, 1.807) is 0 Å². The Labute approximate surface area is 102 Å². The molecule has 2 aromatic rings. The maximum absolute atomic E-state index is 5.96. The Morgan fingerprint density at radius 1 is 1.40 bits per heavy atom. The molecule has 0 spiro atoms. The molecule has 78 valence electrons. The molecule has 0 radical (unpaired) electrons. The monoisotopic (exact) mass is 284 g/mol. The van der Waals surface area contributed by atoms with Crippen LogP contribution in [0.4, 0.5) is 0 Å². The molecule has 4 heteroatoms. The van der Waals surface area contributed by atoms with Gasteiger partial charge in [0.1, 0.15) is 4.60 Å². The normalized spacial score (nSPS) is 10.6. The average molecular weight is 286 g/mol. The maximum Gasteiger partial charge on any atom is 0.128 e. The zero-order valence-corrected chi connectivity index (χ0v) is 10.6. The third-order valence-electron chi connectivity index (χ3n) is 2.18. The van der Waals surface area contributed by atoms with Gasteiger partial charge < -0.3 is 0 Å². The smallest absolute Gasteiger partial charge is 0.128 e. The van der Waals surface area contributed by atoms with Gasteiger partial charge in [-0.25, -0.2) is 0 Å². The van der Waals surface area contributed by atoms with Gasteiger partial charge in [0.15, 0.2) is 0 Å². The van der Waals surface area contributed by atoms with E-state index in [1.165, 1.54) is 5.56 Å². The number of rotatable bonds is 2. The van der Waals surface area contributed by atoms with Crippen LogP contribution in [0.3, 0.4) is 0 Å². The molecule has 0 aliphatic heterocycles. The molecule has 0 atom stereocenters. The Morgan fingerprint density at radius 3 is 2.80 bits per heavy atom. The fourth-order valence-electron chi connectivity index (χ4n) is 1.42. The number of aryl methyl sites for hydroxylation is 1. The van der Waals surface area contributed by atoms with Crippen LogP contribution in [0.15, 0.2) is 35.1 Å². The second kappa shape index (κ2) is 4.37. The first-order valence-electron chi connectivity index (χ1n) is 4.59. The van der Waals surface area contributed by atoms with Crippen molar-refractivity contribution in [3.8, 4) is 0 Å². The molecular formula is C11H10BrClN2. The van der Waals surface area contributed by atoms with Crippen molar-refractivity contribution in [2.24, 2.45) is 0 Å². The molecule has 0 aliphatic rings. The summed E-state index contributed by atoms with van der Waals surface area (Å²) in [6, 6.07) is 7.94. The SMILES string of the molecule is Cc1cc(Cn2ccc(Br)n2)ccc1Cl. The minimum atomic E-state index is 0.767. The highest BCUT2D eigenvalue weighted by molar-refractivity contribution is 9.10. The summed E-state index contributed by atoms with van der Waals surface area (Å²) >= 11 is 9.28. The van der Waals surface area contributed by atoms with Crippen molar-refractivity contribution >= 4 is 27.5 Å². The summed E-state index contributed by atoms with van der Waals surface area (Å²) in [7, 11) is 0. The highest BCUT2D eigenvalue weighted by Gasteiger charge is 2.00. The van der Waals surface area contributed by atoms with Gasteiger partial charge in [-0.05, 0) is 46.1 Å². The second-order valence-electron chi connectivity index (χ2n) is 3.42. The van der Waals surface area contributed by atoms with Crippen LogP contribution in [-0.2, 0) is 6.54 Å². The van der Waals surface area contributed by atoms with Crippen molar-refractivity contribution in [1.82, 2.24) is 9.78 Å². The molecule has 2 nitrogen and oxygen atoms in total. The van der Waals surface area contributed by atoms with Crippen molar-refractivity contribution in [1.29, 1.82) is 0 Å². The lowest BCUT2D eigenvalue weighted by atomic mass is 10.1. The number of aromatic nitrogens is 2. The number of benzene rings is 1. The quantitative estimate of drug-likeness (QED) is 0.823. The van der Waals surface area contributed by atoms with Crippen LogP contribution >= 0.6 is 27.5 Å². The molecule has 0 bridgehead atoms. The predicted molar refractivity (Wildman–Crippen MR) is 65.2 cm³/mol. The van der Waals surface area contributed by atoms with Crippen LogP contribution in [0.25, 0.3) is 0 Å². The summed E-state index contributed by atoms with van der Waals surface area (Å²) in [6.45, 7) is 2.77. The Hall–Kier alpha value is -0.800. The molecule has 0 unspecified atom stereocenters. The topological polar surface area (TPSA) is 17.8 Å². The molecule has 1 heterocycles. The van der Waals surface area contributed by atoms with Crippen LogP contribution in [0, 0.1) is 6.92 Å². The highest BCUT2D eigenvalue weighted by atomic mass is 79.9. The van der Waals surface area contributed by atoms with Gasteiger partial charge in [0, 0.05) is 11.2 Å². The predicted octanol–water partition coefficient (Wildman–Crippen LogP) is 3.66. The Bertz CT molecular complexity index is 479. The van der Waals surface area contributed by atoms with Crippen molar-refractivity contribution in [2.75, 3.05) is 0 Å². The van der Waals surface area contributed by atoms with Crippen LogP contribution in [0.5, 0.6) is 0 Å². The van der Waals surface area contributed by atoms with Crippen molar-refractivity contribution < 1.29 is 0 Å². The molecule has 0 N–H and O–H groups in total. The molecule has 0 amide bonds. The second-order valence-corrected chi connectivity index (χ2v) is 4.64. The van der Waals surface area contributed by atoms with E-state index in [0.29, 0.717) is 0 Å². The van der Waals surface area contributed by atoms with Crippen LogP contribution in [0.1, 0.15) is 11.1 Å². The van der Waals surface area contributed by atoms with E-state index < -0.39 is 0 Å². The van der Waals surface area contributed by atoms with Crippen molar-refractivity contribution in [3.63, 3.8) is 0 Å². The zero-order chi connectivity index (χ0) is 10.8. The zero-order valence-electron chi connectivity index (χ0n) is 8.24. The first-order valence-corrected chi connectivity index (χ1v) is 5.76. The number of hydrogen-bond donors (Lipinski definition) is 0. The van der Waals surface area contributed by atoms with E-state index in [-0.39, 0.29) is 0 Å². The Balaban J connectivity index is 2.21. The van der Waals surface area contributed by atoms with Gasteiger partial charge in [-0.1, -0.05) is 23.7 Å². The van der Waals surface area contributed by atoms with Crippen LogP contribution in [0.2, 0.25) is 5.02 Å². The van der Waals surface area contributed by atoms with E-state index in [0.717, 1.165) is 21.7 Å². The van der Waals surface area contributed by atoms with Crippen LogP contribution < -0.4 is 0 Å². The molecule has 2 rings (SSSR count). The minimum absolute atomic E-state index is 0.767. The lowest BCUT2D eigenvalue weighted by molar-refractivity contribution is 0.681. The highest BCUT2D eigenvalue weighted by Crippen LogP contribution is 2.17. The van der Waals surface area contributed by atoms with Gasteiger partial charge in [-0.2, -0.15) is 5.10 Å². The molecule has 15 heavy (non-hydrogen) atoms. The average Bonchev–Trinajstić information content (AvgIpc) is 2.58. The minimum Gasteiger partial charge on any atom is -0.267 e. The fraction of sp³-hybridized carbons (Fsp3) is 0.182. The summed E-state index contributed by atoms with van der Waals surface area (Å²) in [6.07, 6.45) is 1.94. The molecule has 0 aliphatic carbocycles. The summed E-state index contributed by atoms with van der Waals surface area (Å²) < 4.78 is 2.74. The fourth-order valence-corrected chi connectivity index (χ4v) is 1.86. The van der Waals surface area contributed by atoms with E-state index in [1.807, 2.05) is 36.0 Å². The summed E-state index contributed by atoms with van der Waals surface area (Å²) in [5.41, 5.74) is 2.30. The van der Waals surface area contributed by atoms with Gasteiger partial charge in [-0.3, -0.25) is 4.68 Å². The van der Waals surface area contributed by atoms with Gasteiger partial charge in [0.05, 0.1) is 6.54 Å². The Morgan fingerprint density at radius 2 is 2.20 bits per heavy atom. The molecule has 0 saturated heterocycles. The van der Waals surface area contributed by atoms with Crippen LogP contribution in [-0.4, -0.2) is 9.78 Å². The number of hydrogen-bond acceptors (Lipinski definition) is 1. The molecule has 1 aromatic carbocycles. The van der Waals surface area contributed by atoms with Crippen molar-refractivity contribution in [3.05, 3.63) is 51.2 Å². The maximum atomic E-state index is 5.96. The molecule has 1 aromatic heterocycles. The Kier molecular flexibility index (Phi) is 3.12. The lowest BCUT2D eigenvalue weighted by Crippen LogP contribution is -2.00. The largest absolute Gasteiger partial charge is 0.267 e. The summed E-state index contributed by atoms with van der Waals surface area (Å²) in [5.74, 6) is 0. The van der Waals surface area contributed by atoms with E-state index in [4.69, 9.17) is 11.6 Å². The first kappa shape index (κ1) is 10.7. The molecular weight excluding hydrogens is 275 g/mol. The summed E-state index contributed by atoms with van der Waals surface area (Å²) in [4.78, 5) is 0. The third-order valence-corrected chi connectivity index (χ3v) is 3.02. The van der Waals surface area contributed by atoms with Crippen molar-refractivity contribution in [2.45, 2.75) is 13.5 Å². The first-order chi connectivity index (χ1) is 7.15.